The van der Waals surface area contributed by atoms with Crippen molar-refractivity contribution in [2.75, 3.05) is 0 Å². The zero-order valence-corrected chi connectivity index (χ0v) is 8.46. The number of hydrogen-bond donors (Lipinski definition) is 1. The van der Waals surface area contributed by atoms with E-state index in [0.29, 0.717) is 11.4 Å². The highest BCUT2D eigenvalue weighted by Gasteiger charge is 2.20. The van der Waals surface area contributed by atoms with Gasteiger partial charge in [0.2, 0.25) is 0 Å². The van der Waals surface area contributed by atoms with E-state index < -0.39 is 0 Å². The molecule has 0 spiro atoms. The number of aromatic nitrogens is 2. The highest BCUT2D eigenvalue weighted by atomic mass is 19.1. The van der Waals surface area contributed by atoms with Crippen LogP contribution in [0.5, 0.6) is 0 Å². The molecule has 0 amide bonds. The Balaban J connectivity index is 2.21. The van der Waals surface area contributed by atoms with Gasteiger partial charge in [-0.15, -0.1) is 0 Å². The third kappa shape index (κ3) is 1.26. The second kappa shape index (κ2) is 3.27. The van der Waals surface area contributed by atoms with Crippen molar-refractivity contribution in [1.29, 1.82) is 0 Å². The van der Waals surface area contributed by atoms with Gasteiger partial charge in [-0.25, -0.2) is 9.37 Å². The fourth-order valence-corrected chi connectivity index (χ4v) is 1.86. The number of nitrogens with one attached hydrogen (secondary N) is 1. The van der Waals surface area contributed by atoms with Crippen LogP contribution in [0.4, 0.5) is 4.39 Å². The van der Waals surface area contributed by atoms with Gasteiger partial charge in [0.05, 0.1) is 11.3 Å². The Kier molecular flexibility index (Phi) is 1.89. The SMILES string of the molecule is O=c1[nH]c(-c2ccccc2F)nc2c1CC2. The molecule has 1 aromatic carbocycles. The van der Waals surface area contributed by atoms with Crippen LogP contribution >= 0.6 is 0 Å². The van der Waals surface area contributed by atoms with E-state index in [4.69, 9.17) is 0 Å². The number of halogens is 1. The molecule has 0 fully saturated rings. The van der Waals surface area contributed by atoms with Crippen molar-refractivity contribution in [2.24, 2.45) is 0 Å². The molecule has 0 aliphatic heterocycles. The molecule has 1 aliphatic carbocycles. The van der Waals surface area contributed by atoms with Gasteiger partial charge in [-0.1, -0.05) is 12.1 Å². The lowest BCUT2D eigenvalue weighted by molar-refractivity contribution is 0.629. The number of fused-ring (bicyclic) bond motifs is 1. The van der Waals surface area contributed by atoms with E-state index in [0.717, 1.165) is 24.1 Å². The average Bonchev–Trinajstić information content (AvgIpc) is 2.22. The lowest BCUT2D eigenvalue weighted by Crippen LogP contribution is -2.26. The molecule has 2 aromatic rings. The quantitative estimate of drug-likeness (QED) is 0.788. The van der Waals surface area contributed by atoms with Crippen LogP contribution in [0.3, 0.4) is 0 Å². The van der Waals surface area contributed by atoms with E-state index in [-0.39, 0.29) is 11.4 Å². The molecule has 0 radical (unpaired) electrons. The molecule has 80 valence electrons. The Morgan fingerprint density at radius 2 is 2.06 bits per heavy atom. The molecule has 1 aliphatic rings. The number of H-pyrrole nitrogens is 1. The van der Waals surface area contributed by atoms with Gasteiger partial charge in [-0.2, -0.15) is 0 Å². The average molecular weight is 216 g/mol. The smallest absolute Gasteiger partial charge is 0.254 e. The molecule has 0 unspecified atom stereocenters. The summed E-state index contributed by atoms with van der Waals surface area (Å²) in [7, 11) is 0. The molecule has 0 saturated heterocycles. The minimum absolute atomic E-state index is 0.144. The predicted octanol–water partition coefficient (Wildman–Crippen LogP) is 1.67. The first-order valence-electron chi connectivity index (χ1n) is 5.12. The minimum atomic E-state index is -0.370. The summed E-state index contributed by atoms with van der Waals surface area (Å²) in [5.74, 6) is -0.0496. The van der Waals surface area contributed by atoms with Crippen LogP contribution in [0.2, 0.25) is 0 Å². The number of hydrogen-bond acceptors (Lipinski definition) is 2. The van der Waals surface area contributed by atoms with Gasteiger partial charge in [-0.05, 0) is 25.0 Å². The van der Waals surface area contributed by atoms with Crippen molar-refractivity contribution in [3.05, 3.63) is 51.7 Å². The van der Waals surface area contributed by atoms with E-state index in [1.54, 1.807) is 18.2 Å². The third-order valence-corrected chi connectivity index (χ3v) is 2.84. The number of nitrogens with zero attached hydrogens (tertiary/aromatic N) is 1. The van der Waals surface area contributed by atoms with E-state index in [1.165, 1.54) is 6.07 Å². The Labute approximate surface area is 91.0 Å². The zero-order chi connectivity index (χ0) is 11.1. The first kappa shape index (κ1) is 9.27. The Bertz CT molecular complexity index is 619. The number of aromatic amines is 1. The highest BCUT2D eigenvalue weighted by Crippen LogP contribution is 2.22. The largest absolute Gasteiger partial charge is 0.306 e. The molecular weight excluding hydrogens is 207 g/mol. The van der Waals surface area contributed by atoms with Gasteiger partial charge in [0.15, 0.2) is 0 Å². The molecule has 1 aromatic heterocycles. The van der Waals surface area contributed by atoms with E-state index in [9.17, 15) is 9.18 Å². The van der Waals surface area contributed by atoms with Crippen LogP contribution in [-0.4, -0.2) is 9.97 Å². The number of rotatable bonds is 1. The lowest BCUT2D eigenvalue weighted by Gasteiger charge is -2.16. The molecule has 1 N–H and O–H groups in total. The fraction of sp³-hybridized carbons (Fsp3) is 0.167. The van der Waals surface area contributed by atoms with Crippen molar-refractivity contribution in [3.8, 4) is 11.4 Å². The lowest BCUT2D eigenvalue weighted by atomic mass is 9.95. The number of benzene rings is 1. The zero-order valence-electron chi connectivity index (χ0n) is 8.46. The van der Waals surface area contributed by atoms with Gasteiger partial charge >= 0.3 is 0 Å². The monoisotopic (exact) mass is 216 g/mol. The van der Waals surface area contributed by atoms with Crippen molar-refractivity contribution >= 4 is 0 Å². The molecule has 4 heteroatoms. The number of aryl methyl sites for hydroxylation is 1. The van der Waals surface area contributed by atoms with Crippen molar-refractivity contribution in [1.82, 2.24) is 9.97 Å². The summed E-state index contributed by atoms with van der Waals surface area (Å²) in [5, 5.41) is 0. The Hall–Kier alpha value is -1.97. The highest BCUT2D eigenvalue weighted by molar-refractivity contribution is 5.56. The van der Waals surface area contributed by atoms with Crippen LogP contribution in [0.15, 0.2) is 29.1 Å². The molecule has 3 rings (SSSR count). The summed E-state index contributed by atoms with van der Waals surface area (Å²) in [6, 6.07) is 6.29. The van der Waals surface area contributed by atoms with Crippen molar-refractivity contribution < 1.29 is 4.39 Å². The molecular formula is C12H9FN2O. The molecule has 1 heterocycles. The van der Waals surface area contributed by atoms with Gasteiger partial charge in [-0.3, -0.25) is 4.79 Å². The standard InChI is InChI=1S/C12H9FN2O/c13-9-4-2-1-3-7(9)11-14-10-6-5-8(10)12(16)15-11/h1-4H,5-6H2,(H,14,15,16). The maximum Gasteiger partial charge on any atom is 0.254 e. The summed E-state index contributed by atoms with van der Waals surface area (Å²) in [6.45, 7) is 0. The van der Waals surface area contributed by atoms with Crippen LogP contribution in [0, 0.1) is 5.82 Å². The maximum absolute atomic E-state index is 13.5. The van der Waals surface area contributed by atoms with E-state index in [2.05, 4.69) is 9.97 Å². The molecule has 0 saturated carbocycles. The molecule has 3 nitrogen and oxygen atoms in total. The summed E-state index contributed by atoms with van der Waals surface area (Å²) < 4.78 is 13.5. The molecule has 16 heavy (non-hydrogen) atoms. The second-order valence-corrected chi connectivity index (χ2v) is 3.82. The second-order valence-electron chi connectivity index (χ2n) is 3.82. The van der Waals surface area contributed by atoms with Crippen LogP contribution in [-0.2, 0) is 12.8 Å². The first-order valence-corrected chi connectivity index (χ1v) is 5.12. The summed E-state index contributed by atoms with van der Waals surface area (Å²) in [5.41, 5.74) is 1.73. The fourth-order valence-electron chi connectivity index (χ4n) is 1.86. The van der Waals surface area contributed by atoms with Crippen molar-refractivity contribution in [2.45, 2.75) is 12.8 Å². The van der Waals surface area contributed by atoms with E-state index in [1.807, 2.05) is 0 Å². The summed E-state index contributed by atoms with van der Waals surface area (Å²) >= 11 is 0. The van der Waals surface area contributed by atoms with Crippen LogP contribution < -0.4 is 5.56 Å². The summed E-state index contributed by atoms with van der Waals surface area (Å²) in [6.07, 6.45) is 1.58. The Morgan fingerprint density at radius 3 is 2.69 bits per heavy atom. The van der Waals surface area contributed by atoms with Crippen molar-refractivity contribution in [3.63, 3.8) is 0 Å². The maximum atomic E-state index is 13.5. The van der Waals surface area contributed by atoms with Crippen LogP contribution in [0.1, 0.15) is 11.3 Å². The Morgan fingerprint density at radius 1 is 1.25 bits per heavy atom. The third-order valence-electron chi connectivity index (χ3n) is 2.84. The van der Waals surface area contributed by atoms with Gasteiger partial charge in [0.1, 0.15) is 11.6 Å². The normalized spacial score (nSPS) is 13.1. The van der Waals surface area contributed by atoms with Gasteiger partial charge in [0.25, 0.3) is 5.56 Å². The first-order chi connectivity index (χ1) is 7.75. The van der Waals surface area contributed by atoms with Crippen LogP contribution in [0.25, 0.3) is 11.4 Å². The minimum Gasteiger partial charge on any atom is -0.306 e. The van der Waals surface area contributed by atoms with Gasteiger partial charge < -0.3 is 4.98 Å². The molecule has 0 atom stereocenters. The molecule has 0 bridgehead atoms. The summed E-state index contributed by atoms with van der Waals surface area (Å²) in [4.78, 5) is 18.5. The van der Waals surface area contributed by atoms with E-state index >= 15 is 0 Å². The van der Waals surface area contributed by atoms with Gasteiger partial charge in [0, 0.05) is 5.56 Å². The topological polar surface area (TPSA) is 45.8 Å². The predicted molar refractivity (Wildman–Crippen MR) is 57.7 cm³/mol.